The Morgan fingerprint density at radius 1 is 1.21 bits per heavy atom. The molecule has 24 heavy (non-hydrogen) atoms. The van der Waals surface area contributed by atoms with Crippen molar-refractivity contribution in [3.05, 3.63) is 36.4 Å². The molecule has 0 amide bonds. The minimum absolute atomic E-state index is 0.00807. The van der Waals surface area contributed by atoms with Gasteiger partial charge in [-0.05, 0) is 31.4 Å². The van der Waals surface area contributed by atoms with Crippen molar-refractivity contribution >= 4 is 5.95 Å². The van der Waals surface area contributed by atoms with Gasteiger partial charge < -0.3 is 14.4 Å². The maximum atomic E-state index is 6.16. The first-order valence-corrected chi connectivity index (χ1v) is 8.34. The Hall–Kier alpha value is -2.28. The third-order valence-corrected chi connectivity index (χ3v) is 4.58. The van der Waals surface area contributed by atoms with Crippen molar-refractivity contribution in [3.8, 4) is 6.01 Å². The van der Waals surface area contributed by atoms with Gasteiger partial charge in [0.25, 0.3) is 0 Å². The lowest BCUT2D eigenvalue weighted by Gasteiger charge is -2.39. The topological polar surface area (TPSA) is 73.3 Å². The molecule has 0 aromatic carbocycles. The highest BCUT2D eigenvalue weighted by Gasteiger charge is 2.45. The van der Waals surface area contributed by atoms with Gasteiger partial charge >= 0.3 is 6.01 Å². The molecule has 2 aromatic heterocycles. The van der Waals surface area contributed by atoms with E-state index in [1.54, 1.807) is 18.5 Å². The lowest BCUT2D eigenvalue weighted by atomic mass is 9.89. The number of anilines is 1. The van der Waals surface area contributed by atoms with Crippen LogP contribution >= 0.6 is 0 Å². The Morgan fingerprint density at radius 3 is 2.79 bits per heavy atom. The molecule has 0 radical (unpaired) electrons. The molecule has 0 bridgehead atoms. The van der Waals surface area contributed by atoms with Crippen molar-refractivity contribution < 1.29 is 9.47 Å². The maximum Gasteiger partial charge on any atom is 0.316 e. The van der Waals surface area contributed by atoms with Crippen LogP contribution in [-0.2, 0) is 4.74 Å². The lowest BCUT2D eigenvalue weighted by Crippen LogP contribution is -2.48. The van der Waals surface area contributed by atoms with Crippen molar-refractivity contribution in [2.24, 2.45) is 0 Å². The predicted molar refractivity (Wildman–Crippen MR) is 88.0 cm³/mol. The van der Waals surface area contributed by atoms with Crippen LogP contribution in [0.15, 0.2) is 30.9 Å². The molecule has 4 heterocycles. The summed E-state index contributed by atoms with van der Waals surface area (Å²) in [5.41, 5.74) is 0.880. The van der Waals surface area contributed by atoms with Crippen molar-refractivity contribution in [2.45, 2.75) is 37.9 Å². The summed E-state index contributed by atoms with van der Waals surface area (Å²) in [7, 11) is 0. The standard InChI is InChI=1S/C17H21N5O2/c1-13-9-20-15(21-10-13)22-7-2-4-17(12-22)8-14(11-23-17)24-16-18-5-3-6-19-16/h3,5-6,9-10,14H,2,4,7-8,11-12H2,1H3/t14-,17+/m1/s1. The second kappa shape index (κ2) is 6.32. The monoisotopic (exact) mass is 327 g/mol. The number of hydrogen-bond acceptors (Lipinski definition) is 7. The number of nitrogens with zero attached hydrogens (tertiary/aromatic N) is 5. The van der Waals surface area contributed by atoms with Crippen LogP contribution in [0, 0.1) is 6.92 Å². The van der Waals surface area contributed by atoms with Gasteiger partial charge in [0.05, 0.1) is 12.2 Å². The summed E-state index contributed by atoms with van der Waals surface area (Å²) >= 11 is 0. The van der Waals surface area contributed by atoms with Gasteiger partial charge in [-0.1, -0.05) is 0 Å². The Bertz CT molecular complexity index is 681. The van der Waals surface area contributed by atoms with Gasteiger partial charge in [-0.25, -0.2) is 19.9 Å². The molecule has 126 valence electrons. The molecular weight excluding hydrogens is 306 g/mol. The summed E-state index contributed by atoms with van der Waals surface area (Å²) in [4.78, 5) is 19.4. The highest BCUT2D eigenvalue weighted by Crippen LogP contribution is 2.36. The minimum Gasteiger partial charge on any atom is -0.458 e. The summed E-state index contributed by atoms with van der Waals surface area (Å²) < 4.78 is 12.0. The molecule has 4 rings (SSSR count). The second-order valence-electron chi connectivity index (χ2n) is 6.55. The molecule has 2 atom stereocenters. The third kappa shape index (κ3) is 3.17. The zero-order valence-electron chi connectivity index (χ0n) is 13.8. The molecular formula is C17H21N5O2. The first-order valence-electron chi connectivity index (χ1n) is 8.34. The second-order valence-corrected chi connectivity index (χ2v) is 6.55. The summed E-state index contributed by atoms with van der Waals surface area (Å²) in [6, 6.07) is 2.19. The fourth-order valence-electron chi connectivity index (χ4n) is 3.48. The van der Waals surface area contributed by atoms with E-state index >= 15 is 0 Å². The van der Waals surface area contributed by atoms with E-state index < -0.39 is 0 Å². The molecule has 2 aromatic rings. The summed E-state index contributed by atoms with van der Waals surface area (Å²) in [5, 5.41) is 0. The molecule has 2 fully saturated rings. The molecule has 0 unspecified atom stereocenters. The third-order valence-electron chi connectivity index (χ3n) is 4.58. The Kier molecular flexibility index (Phi) is 4.02. The summed E-state index contributed by atoms with van der Waals surface area (Å²) in [6.07, 6.45) is 10.0. The smallest absolute Gasteiger partial charge is 0.316 e. The van der Waals surface area contributed by atoms with Crippen LogP contribution < -0.4 is 9.64 Å². The molecule has 2 aliphatic rings. The van der Waals surface area contributed by atoms with Gasteiger partial charge in [-0.15, -0.1) is 0 Å². The van der Waals surface area contributed by atoms with Gasteiger partial charge in [0.1, 0.15) is 6.10 Å². The maximum absolute atomic E-state index is 6.16. The van der Waals surface area contributed by atoms with Crippen LogP contribution in [0.25, 0.3) is 0 Å². The summed E-state index contributed by atoms with van der Waals surface area (Å²) in [6.45, 7) is 4.32. The first kappa shape index (κ1) is 15.3. The number of hydrogen-bond donors (Lipinski definition) is 0. The molecule has 7 nitrogen and oxygen atoms in total. The van der Waals surface area contributed by atoms with Crippen LogP contribution in [0.1, 0.15) is 24.8 Å². The van der Waals surface area contributed by atoms with E-state index in [0.29, 0.717) is 12.6 Å². The predicted octanol–water partition coefficient (Wildman–Crippen LogP) is 1.78. The van der Waals surface area contributed by atoms with Crippen molar-refractivity contribution in [1.82, 2.24) is 19.9 Å². The average molecular weight is 327 g/mol. The normalized spacial score (nSPS) is 26.7. The molecule has 1 spiro atoms. The van der Waals surface area contributed by atoms with Gasteiger partial charge in [0.15, 0.2) is 0 Å². The number of piperidine rings is 1. The minimum atomic E-state index is -0.189. The Morgan fingerprint density at radius 2 is 2.00 bits per heavy atom. The van der Waals surface area contributed by atoms with Crippen molar-refractivity contribution in [3.63, 3.8) is 0 Å². The zero-order chi connectivity index (χ0) is 16.4. The van der Waals surface area contributed by atoms with Crippen LogP contribution in [0.4, 0.5) is 5.95 Å². The quantitative estimate of drug-likeness (QED) is 0.851. The SMILES string of the molecule is Cc1cnc(N2CCC[C@]3(C[C@@H](Oc4ncccn4)CO3)C2)nc1. The Balaban J connectivity index is 1.43. The molecule has 2 aliphatic heterocycles. The summed E-state index contributed by atoms with van der Waals surface area (Å²) in [5.74, 6) is 0.777. The molecule has 0 aliphatic carbocycles. The number of aromatic nitrogens is 4. The van der Waals surface area contributed by atoms with Crippen molar-refractivity contribution in [1.29, 1.82) is 0 Å². The Labute approximate surface area is 141 Å². The van der Waals surface area contributed by atoms with E-state index in [1.165, 1.54) is 0 Å². The highest BCUT2D eigenvalue weighted by molar-refractivity contribution is 5.32. The zero-order valence-corrected chi connectivity index (χ0v) is 13.8. The molecule has 0 N–H and O–H groups in total. The molecule has 7 heteroatoms. The number of ether oxygens (including phenoxy) is 2. The van der Waals surface area contributed by atoms with Gasteiger partial charge in [0, 0.05) is 44.3 Å². The lowest BCUT2D eigenvalue weighted by molar-refractivity contribution is -0.00858. The fourth-order valence-corrected chi connectivity index (χ4v) is 3.48. The van der Waals surface area contributed by atoms with Crippen LogP contribution in [0.2, 0.25) is 0 Å². The van der Waals surface area contributed by atoms with E-state index in [9.17, 15) is 0 Å². The van der Waals surface area contributed by atoms with Gasteiger partial charge in [-0.3, -0.25) is 0 Å². The van der Waals surface area contributed by atoms with E-state index in [2.05, 4.69) is 24.8 Å². The first-order chi connectivity index (χ1) is 11.7. The van der Waals surface area contributed by atoms with E-state index in [4.69, 9.17) is 9.47 Å². The number of aryl methyl sites for hydroxylation is 1. The van der Waals surface area contributed by atoms with Crippen LogP contribution in [0.3, 0.4) is 0 Å². The van der Waals surface area contributed by atoms with E-state index in [0.717, 1.165) is 43.9 Å². The largest absolute Gasteiger partial charge is 0.458 e. The van der Waals surface area contributed by atoms with Crippen LogP contribution in [0.5, 0.6) is 6.01 Å². The average Bonchev–Trinajstić information content (AvgIpc) is 2.98. The van der Waals surface area contributed by atoms with E-state index in [1.807, 2.05) is 19.3 Å². The highest BCUT2D eigenvalue weighted by atomic mass is 16.6. The van der Waals surface area contributed by atoms with Crippen molar-refractivity contribution in [2.75, 3.05) is 24.6 Å². The number of rotatable bonds is 3. The van der Waals surface area contributed by atoms with Gasteiger partial charge in [0.2, 0.25) is 5.95 Å². The molecule has 2 saturated heterocycles. The fraction of sp³-hybridized carbons (Fsp3) is 0.529. The van der Waals surface area contributed by atoms with E-state index in [-0.39, 0.29) is 11.7 Å². The molecule has 0 saturated carbocycles. The van der Waals surface area contributed by atoms with Crippen LogP contribution in [-0.4, -0.2) is 51.3 Å². The van der Waals surface area contributed by atoms with Gasteiger partial charge in [-0.2, -0.15) is 0 Å².